The monoisotopic (exact) mass is 308 g/mol. The summed E-state index contributed by atoms with van der Waals surface area (Å²) >= 11 is 7.42. The van der Waals surface area contributed by atoms with Crippen LogP contribution in [0.5, 0.6) is 0 Å². The van der Waals surface area contributed by atoms with E-state index < -0.39 is 0 Å². The van der Waals surface area contributed by atoms with Gasteiger partial charge < -0.3 is 10.6 Å². The summed E-state index contributed by atoms with van der Waals surface area (Å²) in [6.07, 6.45) is 0. The van der Waals surface area contributed by atoms with Gasteiger partial charge in [0.05, 0.1) is 10.9 Å². The number of amides is 1. The van der Waals surface area contributed by atoms with Crippen LogP contribution in [0.15, 0.2) is 30.3 Å². The standard InChI is InChI=1S/C15H17ClN2OS/c1-3-18(9-13-4-5-14(16)20-13)15(19)11-6-10(2)7-12(17)8-11/h4-8H,3,9,17H2,1-2H3. The predicted molar refractivity (Wildman–Crippen MR) is 85.3 cm³/mol. The number of nitrogens with zero attached hydrogens (tertiary/aromatic N) is 1. The summed E-state index contributed by atoms with van der Waals surface area (Å²) in [6.45, 7) is 5.11. The minimum absolute atomic E-state index is 0.00702. The Balaban J connectivity index is 2.20. The highest BCUT2D eigenvalue weighted by Crippen LogP contribution is 2.23. The molecule has 2 rings (SSSR count). The van der Waals surface area contributed by atoms with E-state index >= 15 is 0 Å². The van der Waals surface area contributed by atoms with Crippen LogP contribution in [0.25, 0.3) is 0 Å². The maximum Gasteiger partial charge on any atom is 0.254 e. The maximum atomic E-state index is 12.5. The molecule has 5 heteroatoms. The number of aryl methyl sites for hydroxylation is 1. The van der Waals surface area contributed by atoms with Crippen molar-refractivity contribution in [3.05, 3.63) is 50.7 Å². The third kappa shape index (κ3) is 3.52. The molecule has 2 N–H and O–H groups in total. The van der Waals surface area contributed by atoms with Gasteiger partial charge in [-0.3, -0.25) is 4.79 Å². The summed E-state index contributed by atoms with van der Waals surface area (Å²) in [5.74, 6) is -0.00702. The average Bonchev–Trinajstić information content (AvgIpc) is 2.79. The van der Waals surface area contributed by atoms with Gasteiger partial charge in [0.25, 0.3) is 5.91 Å². The highest BCUT2D eigenvalue weighted by Gasteiger charge is 2.16. The fraction of sp³-hybridized carbons (Fsp3) is 0.267. The molecule has 0 unspecified atom stereocenters. The zero-order chi connectivity index (χ0) is 14.7. The minimum atomic E-state index is -0.00702. The first-order valence-electron chi connectivity index (χ1n) is 6.40. The van der Waals surface area contributed by atoms with Gasteiger partial charge in [-0.2, -0.15) is 0 Å². The van der Waals surface area contributed by atoms with Crippen LogP contribution in [0.2, 0.25) is 4.34 Å². The van der Waals surface area contributed by atoms with Crippen LogP contribution in [-0.2, 0) is 6.54 Å². The van der Waals surface area contributed by atoms with Gasteiger partial charge in [-0.15, -0.1) is 11.3 Å². The first kappa shape index (κ1) is 14.9. The van der Waals surface area contributed by atoms with Crippen LogP contribution in [0.1, 0.15) is 27.7 Å². The van der Waals surface area contributed by atoms with Crippen LogP contribution < -0.4 is 5.73 Å². The third-order valence-corrected chi connectivity index (χ3v) is 4.21. The lowest BCUT2D eigenvalue weighted by Crippen LogP contribution is -2.30. The Morgan fingerprint density at radius 3 is 2.65 bits per heavy atom. The van der Waals surface area contributed by atoms with Crippen molar-refractivity contribution in [3.8, 4) is 0 Å². The molecule has 0 spiro atoms. The van der Waals surface area contributed by atoms with E-state index in [4.69, 9.17) is 17.3 Å². The summed E-state index contributed by atoms with van der Waals surface area (Å²) in [7, 11) is 0. The SMILES string of the molecule is CCN(Cc1ccc(Cl)s1)C(=O)c1cc(C)cc(N)c1. The van der Waals surface area contributed by atoms with Crippen molar-refractivity contribution in [2.24, 2.45) is 0 Å². The first-order valence-corrected chi connectivity index (χ1v) is 7.59. The Morgan fingerprint density at radius 1 is 1.35 bits per heavy atom. The number of hydrogen-bond acceptors (Lipinski definition) is 3. The smallest absolute Gasteiger partial charge is 0.254 e. The van der Waals surface area contributed by atoms with Crippen LogP contribution in [0.4, 0.5) is 5.69 Å². The lowest BCUT2D eigenvalue weighted by atomic mass is 10.1. The van der Waals surface area contributed by atoms with E-state index in [0.717, 1.165) is 14.8 Å². The normalized spacial score (nSPS) is 10.6. The maximum absolute atomic E-state index is 12.5. The Kier molecular flexibility index (Phi) is 4.68. The molecule has 0 aliphatic carbocycles. The minimum Gasteiger partial charge on any atom is -0.399 e. The Hall–Kier alpha value is -1.52. The molecule has 1 amide bonds. The molecular weight excluding hydrogens is 292 g/mol. The predicted octanol–water partition coefficient (Wildman–Crippen LogP) is 3.95. The van der Waals surface area contributed by atoms with Crippen molar-refractivity contribution < 1.29 is 4.79 Å². The van der Waals surface area contributed by atoms with Crippen molar-refractivity contribution in [2.45, 2.75) is 20.4 Å². The Labute approximate surface area is 128 Å². The number of carbonyl (C=O) groups is 1. The van der Waals surface area contributed by atoms with Crippen LogP contribution in [0.3, 0.4) is 0 Å². The van der Waals surface area contributed by atoms with Crippen molar-refractivity contribution in [1.82, 2.24) is 4.90 Å². The molecule has 0 saturated carbocycles. The van der Waals surface area contributed by atoms with Crippen LogP contribution in [0, 0.1) is 6.92 Å². The number of thiophene rings is 1. The summed E-state index contributed by atoms with van der Waals surface area (Å²) in [4.78, 5) is 15.4. The van der Waals surface area contributed by atoms with Gasteiger partial charge in [-0.1, -0.05) is 11.6 Å². The molecule has 0 atom stereocenters. The highest BCUT2D eigenvalue weighted by atomic mass is 35.5. The van der Waals surface area contributed by atoms with Crippen molar-refractivity contribution >= 4 is 34.5 Å². The number of halogens is 1. The fourth-order valence-electron chi connectivity index (χ4n) is 2.07. The second-order valence-corrected chi connectivity index (χ2v) is 6.46. The molecule has 0 fully saturated rings. The number of carbonyl (C=O) groups excluding carboxylic acids is 1. The summed E-state index contributed by atoms with van der Waals surface area (Å²) in [5, 5.41) is 0. The molecule has 1 heterocycles. The lowest BCUT2D eigenvalue weighted by Gasteiger charge is -2.20. The van der Waals surface area contributed by atoms with Crippen molar-refractivity contribution in [3.63, 3.8) is 0 Å². The molecule has 2 aromatic rings. The third-order valence-electron chi connectivity index (χ3n) is 2.99. The van der Waals surface area contributed by atoms with Crippen LogP contribution in [-0.4, -0.2) is 17.4 Å². The van der Waals surface area contributed by atoms with E-state index in [1.165, 1.54) is 11.3 Å². The number of nitrogen functional groups attached to an aromatic ring is 1. The number of nitrogens with two attached hydrogens (primary N) is 1. The highest BCUT2D eigenvalue weighted by molar-refractivity contribution is 7.16. The van der Waals surface area contributed by atoms with Gasteiger partial charge in [-0.25, -0.2) is 0 Å². The number of rotatable bonds is 4. The molecular formula is C15H17ClN2OS. The summed E-state index contributed by atoms with van der Waals surface area (Å²) < 4.78 is 0.739. The Morgan fingerprint density at radius 2 is 2.10 bits per heavy atom. The Bertz CT molecular complexity index is 604. The average molecular weight is 309 g/mol. The molecule has 0 radical (unpaired) electrons. The van der Waals surface area contributed by atoms with Gasteiger partial charge in [0.2, 0.25) is 0 Å². The lowest BCUT2D eigenvalue weighted by molar-refractivity contribution is 0.0754. The van der Waals surface area contributed by atoms with E-state index in [9.17, 15) is 4.79 Å². The summed E-state index contributed by atoms with van der Waals surface area (Å²) in [5.41, 5.74) is 8.04. The number of benzene rings is 1. The van der Waals surface area contributed by atoms with Crippen molar-refractivity contribution in [1.29, 1.82) is 0 Å². The zero-order valence-electron chi connectivity index (χ0n) is 11.5. The molecule has 0 saturated heterocycles. The topological polar surface area (TPSA) is 46.3 Å². The molecule has 106 valence electrons. The van der Waals surface area contributed by atoms with Gasteiger partial charge >= 0.3 is 0 Å². The second kappa shape index (κ2) is 6.29. The molecule has 0 aliphatic rings. The fourth-order valence-corrected chi connectivity index (χ4v) is 3.17. The van der Waals surface area contributed by atoms with E-state index in [1.807, 2.05) is 38.1 Å². The van der Waals surface area contributed by atoms with Crippen LogP contribution >= 0.6 is 22.9 Å². The molecule has 0 bridgehead atoms. The summed E-state index contributed by atoms with van der Waals surface area (Å²) in [6, 6.07) is 9.24. The first-order chi connectivity index (χ1) is 9.49. The van der Waals surface area contributed by atoms with E-state index in [0.29, 0.717) is 24.3 Å². The molecule has 1 aromatic heterocycles. The van der Waals surface area contributed by atoms with E-state index in [-0.39, 0.29) is 5.91 Å². The van der Waals surface area contributed by atoms with Crippen molar-refractivity contribution in [2.75, 3.05) is 12.3 Å². The van der Waals surface area contributed by atoms with Gasteiger partial charge in [0.1, 0.15) is 0 Å². The molecule has 20 heavy (non-hydrogen) atoms. The quantitative estimate of drug-likeness (QED) is 0.869. The van der Waals surface area contributed by atoms with Gasteiger partial charge in [0.15, 0.2) is 0 Å². The zero-order valence-corrected chi connectivity index (χ0v) is 13.1. The molecule has 3 nitrogen and oxygen atoms in total. The van der Waals surface area contributed by atoms with E-state index in [2.05, 4.69) is 0 Å². The van der Waals surface area contributed by atoms with E-state index in [1.54, 1.807) is 11.0 Å². The largest absolute Gasteiger partial charge is 0.399 e. The molecule has 0 aliphatic heterocycles. The number of anilines is 1. The van der Waals surface area contributed by atoms with Gasteiger partial charge in [-0.05, 0) is 49.7 Å². The number of hydrogen-bond donors (Lipinski definition) is 1. The van der Waals surface area contributed by atoms with Gasteiger partial charge in [0, 0.05) is 22.7 Å². The molecule has 1 aromatic carbocycles. The second-order valence-electron chi connectivity index (χ2n) is 4.66.